The summed E-state index contributed by atoms with van der Waals surface area (Å²) in [5.74, 6) is 0.0280. The zero-order valence-corrected chi connectivity index (χ0v) is 14.2. The normalized spacial score (nSPS) is 13.7. The molecule has 0 saturated carbocycles. The third-order valence-corrected chi connectivity index (χ3v) is 4.07. The van der Waals surface area contributed by atoms with E-state index in [0.717, 1.165) is 22.0 Å². The fourth-order valence-corrected chi connectivity index (χ4v) is 2.47. The molecule has 112 valence electrons. The summed E-state index contributed by atoms with van der Waals surface area (Å²) < 4.78 is 1.07. The van der Waals surface area contributed by atoms with Crippen molar-refractivity contribution in [3.8, 4) is 0 Å². The van der Waals surface area contributed by atoms with Gasteiger partial charge in [0.25, 0.3) is 0 Å². The number of benzene rings is 2. The molecule has 0 fully saturated rings. The second-order valence-corrected chi connectivity index (χ2v) is 6.31. The molecule has 0 aliphatic heterocycles. The van der Waals surface area contributed by atoms with Gasteiger partial charge in [-0.1, -0.05) is 35.0 Å². The largest absolute Gasteiger partial charge is 0.374 e. The summed E-state index contributed by atoms with van der Waals surface area (Å²) in [7, 11) is 0. The van der Waals surface area contributed by atoms with Crippen molar-refractivity contribution in [2.75, 3.05) is 5.32 Å². The van der Waals surface area contributed by atoms with Crippen LogP contribution in [0.3, 0.4) is 0 Å². The summed E-state index contributed by atoms with van der Waals surface area (Å²) in [4.78, 5) is 12.0. The number of halogens is 1. The Morgan fingerprint density at radius 2 is 1.81 bits per heavy atom. The van der Waals surface area contributed by atoms with Gasteiger partial charge in [0.2, 0.25) is 5.91 Å². The number of anilines is 1. The van der Waals surface area contributed by atoms with E-state index in [9.17, 15) is 4.79 Å². The smallest absolute Gasteiger partial charge is 0.242 e. The van der Waals surface area contributed by atoms with Crippen LogP contribution in [0.5, 0.6) is 0 Å². The van der Waals surface area contributed by atoms with Crippen LogP contribution in [0.25, 0.3) is 10.8 Å². The number of nitrogens with one attached hydrogen (secondary N) is 2. The van der Waals surface area contributed by atoms with Gasteiger partial charge in [0.1, 0.15) is 6.04 Å². The topological polar surface area (TPSA) is 41.1 Å². The maximum atomic E-state index is 12.0. The molecule has 0 bridgehead atoms. The molecule has 2 aromatic carbocycles. The van der Waals surface area contributed by atoms with Gasteiger partial charge in [-0.2, -0.15) is 0 Å². The van der Waals surface area contributed by atoms with Crippen LogP contribution in [0.15, 0.2) is 40.9 Å². The molecule has 2 atom stereocenters. The van der Waals surface area contributed by atoms with Crippen LogP contribution in [0.1, 0.15) is 27.2 Å². The quantitative estimate of drug-likeness (QED) is 0.844. The Bertz CT molecular complexity index is 642. The minimum absolute atomic E-state index is 0.0280. The van der Waals surface area contributed by atoms with E-state index in [1.165, 1.54) is 5.39 Å². The maximum Gasteiger partial charge on any atom is 0.242 e. The number of hydrogen-bond donors (Lipinski definition) is 2. The summed E-state index contributed by atoms with van der Waals surface area (Å²) in [5, 5.41) is 8.56. The molecule has 0 saturated heterocycles. The van der Waals surface area contributed by atoms with Crippen molar-refractivity contribution < 1.29 is 4.79 Å². The van der Waals surface area contributed by atoms with E-state index >= 15 is 0 Å². The number of rotatable bonds is 5. The van der Waals surface area contributed by atoms with Crippen molar-refractivity contribution in [1.29, 1.82) is 0 Å². The molecule has 3 nitrogen and oxygen atoms in total. The van der Waals surface area contributed by atoms with E-state index in [1.54, 1.807) is 0 Å². The lowest BCUT2D eigenvalue weighted by Gasteiger charge is -2.18. The van der Waals surface area contributed by atoms with Crippen molar-refractivity contribution in [3.05, 3.63) is 40.9 Å². The molecule has 4 heteroatoms. The van der Waals surface area contributed by atoms with Crippen molar-refractivity contribution >= 4 is 38.3 Å². The molecular formula is C17H21BrN2O. The van der Waals surface area contributed by atoms with Crippen LogP contribution in [-0.4, -0.2) is 18.0 Å². The van der Waals surface area contributed by atoms with Crippen LogP contribution < -0.4 is 10.6 Å². The van der Waals surface area contributed by atoms with Crippen molar-refractivity contribution in [2.24, 2.45) is 0 Å². The Labute approximate surface area is 134 Å². The summed E-state index contributed by atoms with van der Waals surface area (Å²) in [6, 6.07) is 12.2. The molecule has 2 N–H and O–H groups in total. The Morgan fingerprint density at radius 1 is 1.14 bits per heavy atom. The highest BCUT2D eigenvalue weighted by molar-refractivity contribution is 9.10. The Morgan fingerprint density at radius 3 is 2.52 bits per heavy atom. The number of fused-ring (bicyclic) bond motifs is 1. The van der Waals surface area contributed by atoms with E-state index in [4.69, 9.17) is 0 Å². The van der Waals surface area contributed by atoms with Gasteiger partial charge >= 0.3 is 0 Å². The summed E-state index contributed by atoms with van der Waals surface area (Å²) in [6.07, 6.45) is 0.934. The Kier molecular flexibility index (Phi) is 5.23. The van der Waals surface area contributed by atoms with Gasteiger partial charge in [-0.3, -0.25) is 4.79 Å². The number of hydrogen-bond acceptors (Lipinski definition) is 2. The fraction of sp³-hybridized carbons (Fsp3) is 0.353. The molecule has 2 rings (SSSR count). The zero-order valence-electron chi connectivity index (χ0n) is 12.6. The number of carbonyl (C=O) groups is 1. The van der Waals surface area contributed by atoms with Gasteiger partial charge in [-0.05, 0) is 55.3 Å². The zero-order chi connectivity index (χ0) is 15.4. The molecular weight excluding hydrogens is 328 g/mol. The molecule has 0 aromatic heterocycles. The second-order valence-electron chi connectivity index (χ2n) is 5.39. The average molecular weight is 349 g/mol. The SMILES string of the molecule is CCC(C)NC(=O)C(C)Nc1ccc2cc(Br)ccc2c1. The predicted octanol–water partition coefficient (Wildman–Crippen LogP) is 4.32. The lowest BCUT2D eigenvalue weighted by Crippen LogP contribution is -2.41. The van der Waals surface area contributed by atoms with Crippen molar-refractivity contribution in [1.82, 2.24) is 5.32 Å². The highest BCUT2D eigenvalue weighted by Gasteiger charge is 2.14. The lowest BCUT2D eigenvalue weighted by atomic mass is 10.1. The minimum atomic E-state index is -0.258. The van der Waals surface area contributed by atoms with Gasteiger partial charge in [0.15, 0.2) is 0 Å². The van der Waals surface area contributed by atoms with Crippen LogP contribution in [-0.2, 0) is 4.79 Å². The Balaban J connectivity index is 2.08. The first kappa shape index (κ1) is 15.8. The highest BCUT2D eigenvalue weighted by atomic mass is 79.9. The minimum Gasteiger partial charge on any atom is -0.374 e. The highest BCUT2D eigenvalue weighted by Crippen LogP contribution is 2.23. The first-order valence-electron chi connectivity index (χ1n) is 7.26. The van der Waals surface area contributed by atoms with E-state index in [-0.39, 0.29) is 18.0 Å². The molecule has 21 heavy (non-hydrogen) atoms. The van der Waals surface area contributed by atoms with Crippen LogP contribution in [0.4, 0.5) is 5.69 Å². The molecule has 0 heterocycles. The summed E-state index contributed by atoms with van der Waals surface area (Å²) >= 11 is 3.47. The molecule has 1 amide bonds. The van der Waals surface area contributed by atoms with Crippen molar-refractivity contribution in [2.45, 2.75) is 39.3 Å². The Hall–Kier alpha value is -1.55. The van der Waals surface area contributed by atoms with Crippen LogP contribution >= 0.6 is 15.9 Å². The van der Waals surface area contributed by atoms with E-state index in [2.05, 4.69) is 57.8 Å². The second kappa shape index (κ2) is 6.94. The van der Waals surface area contributed by atoms with E-state index in [1.807, 2.05) is 26.0 Å². The van der Waals surface area contributed by atoms with Crippen LogP contribution in [0, 0.1) is 0 Å². The van der Waals surface area contributed by atoms with E-state index < -0.39 is 0 Å². The third kappa shape index (κ3) is 4.21. The van der Waals surface area contributed by atoms with Gasteiger partial charge in [0, 0.05) is 16.2 Å². The van der Waals surface area contributed by atoms with Crippen molar-refractivity contribution in [3.63, 3.8) is 0 Å². The average Bonchev–Trinajstić information content (AvgIpc) is 2.47. The van der Waals surface area contributed by atoms with Gasteiger partial charge < -0.3 is 10.6 Å². The number of amides is 1. The lowest BCUT2D eigenvalue weighted by molar-refractivity contribution is -0.122. The summed E-state index contributed by atoms with van der Waals surface area (Å²) in [5.41, 5.74) is 0.955. The van der Waals surface area contributed by atoms with E-state index in [0.29, 0.717) is 0 Å². The van der Waals surface area contributed by atoms with Gasteiger partial charge in [-0.15, -0.1) is 0 Å². The van der Waals surface area contributed by atoms with Gasteiger partial charge in [0.05, 0.1) is 0 Å². The number of carbonyl (C=O) groups excluding carboxylic acids is 1. The maximum absolute atomic E-state index is 12.0. The first-order chi connectivity index (χ1) is 9.99. The van der Waals surface area contributed by atoms with Crippen LogP contribution in [0.2, 0.25) is 0 Å². The molecule has 2 unspecified atom stereocenters. The fourth-order valence-electron chi connectivity index (χ4n) is 2.09. The molecule has 0 aliphatic rings. The van der Waals surface area contributed by atoms with Gasteiger partial charge in [-0.25, -0.2) is 0 Å². The summed E-state index contributed by atoms with van der Waals surface area (Å²) in [6.45, 7) is 5.95. The molecule has 0 radical (unpaired) electrons. The standard InChI is InChI=1S/C17H21BrN2O/c1-4-11(2)19-17(21)12(3)20-16-8-6-13-9-15(18)7-5-14(13)10-16/h5-12,20H,4H2,1-3H3,(H,19,21). The molecule has 0 spiro atoms. The third-order valence-electron chi connectivity index (χ3n) is 3.58. The molecule has 2 aromatic rings. The molecule has 0 aliphatic carbocycles. The first-order valence-corrected chi connectivity index (χ1v) is 8.05. The predicted molar refractivity (Wildman–Crippen MR) is 92.6 cm³/mol. The monoisotopic (exact) mass is 348 g/mol.